The van der Waals surface area contributed by atoms with E-state index >= 15 is 0 Å². The number of hydrogen-bond acceptors (Lipinski definition) is 2. The number of hydrogen-bond donors (Lipinski definition) is 2. The molecule has 0 aromatic heterocycles. The molecule has 1 atom stereocenters. The third-order valence-electron chi connectivity index (χ3n) is 4.22. The van der Waals surface area contributed by atoms with Crippen LogP contribution in [0.25, 0.3) is 0 Å². The highest BCUT2D eigenvalue weighted by atomic mass is 16.3. The van der Waals surface area contributed by atoms with Crippen molar-refractivity contribution in [1.82, 2.24) is 0 Å². The van der Waals surface area contributed by atoms with E-state index in [4.69, 9.17) is 0 Å². The van der Waals surface area contributed by atoms with Gasteiger partial charge in [-0.1, -0.05) is 25.1 Å². The number of phenols is 2. The van der Waals surface area contributed by atoms with E-state index in [0.717, 1.165) is 19.3 Å². The number of phenolic OH excluding ortho intramolecular Hbond substituents is 2. The minimum Gasteiger partial charge on any atom is -0.508 e. The first kappa shape index (κ1) is 12.1. The standard InChI is InChI=1S/C17H18O2/c1-17(11-12-2-4-14(18)5-3-12)9-8-13-10-15(19)6-7-16(13)17/h2-7,10,18-19H,8-9,11H2,1H3. The van der Waals surface area contributed by atoms with Crippen LogP contribution in [-0.2, 0) is 18.3 Å². The molecular formula is C17H18O2. The van der Waals surface area contributed by atoms with Crippen LogP contribution < -0.4 is 0 Å². The van der Waals surface area contributed by atoms with Crippen molar-refractivity contribution in [1.29, 1.82) is 0 Å². The van der Waals surface area contributed by atoms with Crippen LogP contribution in [-0.4, -0.2) is 10.2 Å². The molecule has 0 aliphatic heterocycles. The number of rotatable bonds is 2. The molecular weight excluding hydrogens is 236 g/mol. The Balaban J connectivity index is 1.92. The van der Waals surface area contributed by atoms with Gasteiger partial charge in [-0.2, -0.15) is 0 Å². The Hall–Kier alpha value is -1.96. The van der Waals surface area contributed by atoms with Crippen molar-refractivity contribution >= 4 is 0 Å². The van der Waals surface area contributed by atoms with Gasteiger partial charge in [-0.3, -0.25) is 0 Å². The smallest absolute Gasteiger partial charge is 0.115 e. The lowest BCUT2D eigenvalue weighted by atomic mass is 9.78. The first-order chi connectivity index (χ1) is 9.07. The van der Waals surface area contributed by atoms with E-state index in [9.17, 15) is 10.2 Å². The highest BCUT2D eigenvalue weighted by Gasteiger charge is 2.34. The fourth-order valence-electron chi connectivity index (χ4n) is 3.17. The Bertz CT molecular complexity index is 601. The van der Waals surface area contributed by atoms with Gasteiger partial charge in [0.25, 0.3) is 0 Å². The van der Waals surface area contributed by atoms with Crippen LogP contribution in [0.4, 0.5) is 0 Å². The van der Waals surface area contributed by atoms with Crippen molar-refractivity contribution < 1.29 is 10.2 Å². The third kappa shape index (κ3) is 2.19. The summed E-state index contributed by atoms with van der Waals surface area (Å²) in [5, 5.41) is 18.9. The summed E-state index contributed by atoms with van der Waals surface area (Å²) in [7, 11) is 0. The van der Waals surface area contributed by atoms with E-state index in [1.807, 2.05) is 18.2 Å². The molecule has 0 spiro atoms. The number of fused-ring (bicyclic) bond motifs is 1. The van der Waals surface area contributed by atoms with Crippen molar-refractivity contribution in [2.45, 2.75) is 31.6 Å². The molecule has 0 fully saturated rings. The molecule has 2 heteroatoms. The molecule has 0 saturated carbocycles. The Kier molecular flexibility index (Phi) is 2.74. The van der Waals surface area contributed by atoms with Crippen LogP contribution in [0, 0.1) is 0 Å². The maximum absolute atomic E-state index is 9.56. The molecule has 0 saturated heterocycles. The van der Waals surface area contributed by atoms with Crippen molar-refractivity contribution in [3.05, 3.63) is 59.2 Å². The lowest BCUT2D eigenvalue weighted by molar-refractivity contribution is 0.461. The van der Waals surface area contributed by atoms with Gasteiger partial charge in [0.1, 0.15) is 11.5 Å². The highest BCUT2D eigenvalue weighted by molar-refractivity contribution is 5.44. The van der Waals surface area contributed by atoms with Gasteiger partial charge in [0.05, 0.1) is 0 Å². The van der Waals surface area contributed by atoms with Crippen molar-refractivity contribution in [2.24, 2.45) is 0 Å². The van der Waals surface area contributed by atoms with E-state index in [1.165, 1.54) is 16.7 Å². The van der Waals surface area contributed by atoms with Crippen LogP contribution >= 0.6 is 0 Å². The maximum atomic E-state index is 9.56. The number of aromatic hydroxyl groups is 2. The molecule has 1 aliphatic rings. The summed E-state index contributed by atoms with van der Waals surface area (Å²) in [5.74, 6) is 0.665. The Labute approximate surface area is 113 Å². The van der Waals surface area contributed by atoms with E-state index in [0.29, 0.717) is 11.5 Å². The number of benzene rings is 2. The van der Waals surface area contributed by atoms with Crippen LogP contribution in [0.3, 0.4) is 0 Å². The highest BCUT2D eigenvalue weighted by Crippen LogP contribution is 2.42. The van der Waals surface area contributed by atoms with Crippen LogP contribution in [0.1, 0.15) is 30.0 Å². The van der Waals surface area contributed by atoms with Gasteiger partial charge in [-0.25, -0.2) is 0 Å². The van der Waals surface area contributed by atoms with Gasteiger partial charge < -0.3 is 10.2 Å². The lowest BCUT2D eigenvalue weighted by Gasteiger charge is -2.25. The van der Waals surface area contributed by atoms with Gasteiger partial charge in [0.2, 0.25) is 0 Å². The molecule has 0 radical (unpaired) electrons. The summed E-state index contributed by atoms with van der Waals surface area (Å²) < 4.78 is 0. The minimum atomic E-state index is 0.125. The van der Waals surface area contributed by atoms with Gasteiger partial charge in [0.15, 0.2) is 0 Å². The molecule has 2 nitrogen and oxygen atoms in total. The van der Waals surface area contributed by atoms with Crippen molar-refractivity contribution in [3.63, 3.8) is 0 Å². The van der Waals surface area contributed by atoms with Crippen LogP contribution in [0.2, 0.25) is 0 Å². The SMILES string of the molecule is CC1(Cc2ccc(O)cc2)CCc2cc(O)ccc21. The van der Waals surface area contributed by atoms with E-state index in [1.54, 1.807) is 18.2 Å². The Morgan fingerprint density at radius 1 is 1.00 bits per heavy atom. The molecule has 3 rings (SSSR count). The molecule has 2 N–H and O–H groups in total. The predicted octanol–water partition coefficient (Wildman–Crippen LogP) is 3.54. The summed E-state index contributed by atoms with van der Waals surface area (Å²) in [6.07, 6.45) is 3.09. The minimum absolute atomic E-state index is 0.125. The van der Waals surface area contributed by atoms with Crippen LogP contribution in [0.5, 0.6) is 11.5 Å². The van der Waals surface area contributed by atoms with Gasteiger partial charge in [0, 0.05) is 0 Å². The quantitative estimate of drug-likeness (QED) is 0.860. The molecule has 2 aromatic carbocycles. The summed E-state index contributed by atoms with van der Waals surface area (Å²) in [6.45, 7) is 2.28. The average Bonchev–Trinajstić information content (AvgIpc) is 2.69. The Morgan fingerprint density at radius 2 is 1.68 bits per heavy atom. The van der Waals surface area contributed by atoms with Crippen molar-refractivity contribution in [3.8, 4) is 11.5 Å². The lowest BCUT2D eigenvalue weighted by Crippen LogP contribution is -2.21. The van der Waals surface area contributed by atoms with Gasteiger partial charge in [-0.15, -0.1) is 0 Å². The second kappa shape index (κ2) is 4.30. The normalized spacial score (nSPS) is 21.3. The zero-order valence-electron chi connectivity index (χ0n) is 11.1. The van der Waals surface area contributed by atoms with Crippen LogP contribution in [0.15, 0.2) is 42.5 Å². The summed E-state index contributed by atoms with van der Waals surface area (Å²) in [6, 6.07) is 13.2. The van der Waals surface area contributed by atoms with Gasteiger partial charge >= 0.3 is 0 Å². The summed E-state index contributed by atoms with van der Waals surface area (Å²) >= 11 is 0. The fraction of sp³-hybridized carbons (Fsp3) is 0.294. The summed E-state index contributed by atoms with van der Waals surface area (Å²) in [4.78, 5) is 0. The predicted molar refractivity (Wildman–Crippen MR) is 75.6 cm³/mol. The van der Waals surface area contributed by atoms with E-state index < -0.39 is 0 Å². The molecule has 98 valence electrons. The Morgan fingerprint density at radius 3 is 2.42 bits per heavy atom. The molecule has 19 heavy (non-hydrogen) atoms. The summed E-state index contributed by atoms with van der Waals surface area (Å²) in [5.41, 5.74) is 3.97. The zero-order chi connectivity index (χ0) is 13.5. The van der Waals surface area contributed by atoms with Crippen molar-refractivity contribution in [2.75, 3.05) is 0 Å². The largest absolute Gasteiger partial charge is 0.508 e. The van der Waals surface area contributed by atoms with E-state index in [-0.39, 0.29) is 5.41 Å². The second-order valence-electron chi connectivity index (χ2n) is 5.75. The molecule has 0 bridgehead atoms. The topological polar surface area (TPSA) is 40.5 Å². The zero-order valence-corrected chi connectivity index (χ0v) is 11.1. The molecule has 1 unspecified atom stereocenters. The third-order valence-corrected chi connectivity index (χ3v) is 4.22. The average molecular weight is 254 g/mol. The van der Waals surface area contributed by atoms with Gasteiger partial charge in [-0.05, 0) is 65.6 Å². The first-order valence-corrected chi connectivity index (χ1v) is 6.67. The fourth-order valence-corrected chi connectivity index (χ4v) is 3.17. The monoisotopic (exact) mass is 254 g/mol. The molecule has 2 aromatic rings. The van der Waals surface area contributed by atoms with E-state index in [2.05, 4.69) is 13.0 Å². The second-order valence-corrected chi connectivity index (χ2v) is 5.75. The molecule has 0 heterocycles. The first-order valence-electron chi connectivity index (χ1n) is 6.67. The maximum Gasteiger partial charge on any atom is 0.115 e. The molecule has 1 aliphatic carbocycles. The number of aryl methyl sites for hydroxylation is 1. The molecule has 0 amide bonds.